The van der Waals surface area contributed by atoms with Crippen molar-refractivity contribution >= 4 is 28.8 Å². The van der Waals surface area contributed by atoms with Crippen molar-refractivity contribution < 1.29 is 4.79 Å². The van der Waals surface area contributed by atoms with Gasteiger partial charge in [-0.2, -0.15) is 0 Å². The Labute approximate surface area is 116 Å². The van der Waals surface area contributed by atoms with Gasteiger partial charge in [-0.25, -0.2) is 0 Å². The molecule has 2 aliphatic heterocycles. The van der Waals surface area contributed by atoms with Crippen LogP contribution in [0.5, 0.6) is 0 Å². The summed E-state index contributed by atoms with van der Waals surface area (Å²) in [4.78, 5) is 15.4. The smallest absolute Gasteiger partial charge is 0.264 e. The summed E-state index contributed by atoms with van der Waals surface area (Å²) in [5.41, 5.74) is 1.51. The number of amides is 1. The molecule has 0 saturated carbocycles. The van der Waals surface area contributed by atoms with Crippen molar-refractivity contribution in [2.24, 2.45) is 0 Å². The molecule has 1 aromatic rings. The lowest BCUT2D eigenvalue weighted by atomic mass is 9.96. The molecular weight excluding hydrogens is 266 g/mol. The Hall–Kier alpha value is -0.800. The van der Waals surface area contributed by atoms with E-state index in [9.17, 15) is 4.79 Å². The summed E-state index contributed by atoms with van der Waals surface area (Å²) in [6.45, 7) is 2.10. The van der Waals surface area contributed by atoms with E-state index in [-0.39, 0.29) is 5.91 Å². The van der Waals surface area contributed by atoms with Gasteiger partial charge in [0.1, 0.15) is 0 Å². The van der Waals surface area contributed by atoms with E-state index in [1.165, 1.54) is 16.9 Å². The molecule has 18 heavy (non-hydrogen) atoms. The van der Waals surface area contributed by atoms with Gasteiger partial charge in [-0.3, -0.25) is 4.79 Å². The van der Waals surface area contributed by atoms with E-state index < -0.39 is 0 Å². The van der Waals surface area contributed by atoms with Crippen molar-refractivity contribution in [2.45, 2.75) is 44.7 Å². The number of rotatable bonds is 1. The van der Waals surface area contributed by atoms with E-state index in [2.05, 4.69) is 17.9 Å². The molecule has 2 saturated heterocycles. The summed E-state index contributed by atoms with van der Waals surface area (Å²) in [7, 11) is 0. The normalized spacial score (nSPS) is 26.6. The molecule has 2 aliphatic rings. The van der Waals surface area contributed by atoms with E-state index in [0.29, 0.717) is 16.4 Å². The van der Waals surface area contributed by atoms with Gasteiger partial charge in [0.15, 0.2) is 0 Å². The zero-order valence-electron chi connectivity index (χ0n) is 10.4. The first-order valence-electron chi connectivity index (χ1n) is 6.41. The minimum absolute atomic E-state index is 0.176. The van der Waals surface area contributed by atoms with Crippen LogP contribution in [0.3, 0.4) is 0 Å². The first-order valence-corrected chi connectivity index (χ1v) is 7.60. The maximum atomic E-state index is 12.5. The summed E-state index contributed by atoms with van der Waals surface area (Å²) < 4.78 is 0.692. The third-order valence-electron chi connectivity index (χ3n) is 4.04. The average Bonchev–Trinajstić information content (AvgIpc) is 2.90. The zero-order valence-corrected chi connectivity index (χ0v) is 11.9. The predicted molar refractivity (Wildman–Crippen MR) is 75.3 cm³/mol. The molecule has 0 N–H and O–H groups in total. The van der Waals surface area contributed by atoms with Crippen molar-refractivity contribution in [3.05, 3.63) is 33.0 Å². The molecule has 4 heteroatoms. The van der Waals surface area contributed by atoms with Gasteiger partial charge in [0.05, 0.1) is 9.21 Å². The van der Waals surface area contributed by atoms with Gasteiger partial charge in [0.25, 0.3) is 5.91 Å². The van der Waals surface area contributed by atoms with E-state index in [1.54, 1.807) is 0 Å². The Morgan fingerprint density at radius 3 is 2.56 bits per heavy atom. The molecule has 96 valence electrons. The van der Waals surface area contributed by atoms with Crippen LogP contribution >= 0.6 is 22.9 Å². The number of thiophene rings is 1. The standard InChI is InChI=1S/C14H16ClNOS/c1-2-9-7-10-3-4-11(8-9)16(10)14(17)12-5-6-13(15)18-12/h2,5-6,10-11H,3-4,7-8H2,1H3. The highest BCUT2D eigenvalue weighted by atomic mass is 35.5. The summed E-state index contributed by atoms with van der Waals surface area (Å²) in [5, 5.41) is 0. The summed E-state index contributed by atoms with van der Waals surface area (Å²) in [5.74, 6) is 0.176. The molecule has 0 spiro atoms. The fourth-order valence-corrected chi connectivity index (χ4v) is 4.16. The van der Waals surface area contributed by atoms with Crippen molar-refractivity contribution in [1.29, 1.82) is 0 Å². The van der Waals surface area contributed by atoms with Gasteiger partial charge in [-0.15, -0.1) is 11.3 Å². The van der Waals surface area contributed by atoms with E-state index >= 15 is 0 Å². The number of piperidine rings is 1. The van der Waals surface area contributed by atoms with Crippen LogP contribution in [0.2, 0.25) is 4.34 Å². The van der Waals surface area contributed by atoms with Crippen LogP contribution in [-0.4, -0.2) is 22.9 Å². The topological polar surface area (TPSA) is 20.3 Å². The Bertz CT molecular complexity index is 492. The molecule has 3 rings (SSSR count). The lowest BCUT2D eigenvalue weighted by Crippen LogP contribution is -2.44. The maximum Gasteiger partial charge on any atom is 0.264 e. The summed E-state index contributed by atoms with van der Waals surface area (Å²) >= 11 is 7.30. The van der Waals surface area contributed by atoms with Crippen LogP contribution in [-0.2, 0) is 0 Å². The molecule has 2 nitrogen and oxygen atoms in total. The maximum absolute atomic E-state index is 12.5. The van der Waals surface area contributed by atoms with E-state index in [0.717, 1.165) is 30.6 Å². The van der Waals surface area contributed by atoms with Crippen LogP contribution in [0.25, 0.3) is 0 Å². The highest BCUT2D eigenvalue weighted by molar-refractivity contribution is 7.17. The van der Waals surface area contributed by atoms with Crippen molar-refractivity contribution in [1.82, 2.24) is 4.90 Å². The van der Waals surface area contributed by atoms with Crippen LogP contribution < -0.4 is 0 Å². The molecule has 0 radical (unpaired) electrons. The van der Waals surface area contributed by atoms with E-state index in [4.69, 9.17) is 11.6 Å². The lowest BCUT2D eigenvalue weighted by Gasteiger charge is -2.36. The molecule has 2 fully saturated rings. The Kier molecular flexibility index (Phi) is 3.20. The third-order valence-corrected chi connectivity index (χ3v) is 5.26. The van der Waals surface area contributed by atoms with Crippen molar-refractivity contribution in [3.63, 3.8) is 0 Å². The second-order valence-corrected chi connectivity index (χ2v) is 6.77. The van der Waals surface area contributed by atoms with Gasteiger partial charge < -0.3 is 4.90 Å². The second kappa shape index (κ2) is 4.71. The monoisotopic (exact) mass is 281 g/mol. The Balaban J connectivity index is 1.84. The molecule has 0 aliphatic carbocycles. The Morgan fingerprint density at radius 1 is 1.39 bits per heavy atom. The molecule has 2 unspecified atom stereocenters. The summed E-state index contributed by atoms with van der Waals surface area (Å²) in [6, 6.07) is 4.47. The fraction of sp³-hybridized carbons (Fsp3) is 0.500. The predicted octanol–water partition coefficient (Wildman–Crippen LogP) is 4.11. The molecular formula is C14H16ClNOS. The van der Waals surface area contributed by atoms with Crippen LogP contribution in [0.4, 0.5) is 0 Å². The average molecular weight is 282 g/mol. The number of hydrogen-bond donors (Lipinski definition) is 0. The van der Waals surface area contributed by atoms with Gasteiger partial charge in [-0.1, -0.05) is 23.3 Å². The quantitative estimate of drug-likeness (QED) is 0.709. The molecule has 2 atom stereocenters. The lowest BCUT2D eigenvalue weighted by molar-refractivity contribution is 0.0639. The molecule has 0 aromatic carbocycles. The fourth-order valence-electron chi connectivity index (χ4n) is 3.17. The van der Waals surface area contributed by atoms with Crippen molar-refractivity contribution in [3.8, 4) is 0 Å². The minimum Gasteiger partial charge on any atom is -0.331 e. The SMILES string of the molecule is CC=C1CC2CCC(C1)N2C(=O)c1ccc(Cl)s1. The molecule has 1 aromatic heterocycles. The highest BCUT2D eigenvalue weighted by Crippen LogP contribution is 2.39. The van der Waals surface area contributed by atoms with Crippen LogP contribution in [0, 0.1) is 0 Å². The number of allylic oxidation sites excluding steroid dienone is 1. The van der Waals surface area contributed by atoms with Gasteiger partial charge >= 0.3 is 0 Å². The number of fused-ring (bicyclic) bond motifs is 2. The second-order valence-electron chi connectivity index (χ2n) is 5.06. The highest BCUT2D eigenvalue weighted by Gasteiger charge is 2.41. The number of carbonyl (C=O) groups is 1. The molecule has 3 heterocycles. The number of carbonyl (C=O) groups excluding carboxylic acids is 1. The summed E-state index contributed by atoms with van der Waals surface area (Å²) in [6.07, 6.45) is 6.62. The number of halogens is 1. The molecule has 2 bridgehead atoms. The number of hydrogen-bond acceptors (Lipinski definition) is 2. The first kappa shape index (κ1) is 12.2. The third kappa shape index (κ3) is 1.99. The van der Waals surface area contributed by atoms with Crippen molar-refractivity contribution in [2.75, 3.05) is 0 Å². The number of nitrogens with zero attached hydrogens (tertiary/aromatic N) is 1. The van der Waals surface area contributed by atoms with E-state index in [1.807, 2.05) is 12.1 Å². The van der Waals surface area contributed by atoms with Gasteiger partial charge in [0.2, 0.25) is 0 Å². The zero-order chi connectivity index (χ0) is 12.7. The minimum atomic E-state index is 0.176. The van der Waals surface area contributed by atoms with Gasteiger partial charge in [0, 0.05) is 12.1 Å². The van der Waals surface area contributed by atoms with Gasteiger partial charge in [-0.05, 0) is 44.7 Å². The Morgan fingerprint density at radius 2 is 2.06 bits per heavy atom. The largest absolute Gasteiger partial charge is 0.331 e. The molecule has 1 amide bonds. The first-order chi connectivity index (χ1) is 8.69. The van der Waals surface area contributed by atoms with Crippen LogP contribution in [0.15, 0.2) is 23.8 Å². The van der Waals surface area contributed by atoms with Crippen LogP contribution in [0.1, 0.15) is 42.3 Å².